The number of amides is 1. The fourth-order valence-corrected chi connectivity index (χ4v) is 5.01. The molecule has 1 heterocycles. The van der Waals surface area contributed by atoms with Gasteiger partial charge >= 0.3 is 0 Å². The lowest BCUT2D eigenvalue weighted by Gasteiger charge is -2.18. The number of aromatic nitrogens is 2. The lowest BCUT2D eigenvalue weighted by molar-refractivity contribution is 0.102. The van der Waals surface area contributed by atoms with Crippen LogP contribution in [0.4, 0.5) is 11.4 Å². The number of hydrogen-bond acceptors (Lipinski definition) is 4. The van der Waals surface area contributed by atoms with Crippen LogP contribution in [0.5, 0.6) is 0 Å². The standard InChI is InChI=1S/C25H24N4O4S/c1-18-23(25(31)29(27(18)2)21-14-8-5-9-15-21)28(3)34(32,33)22-16-10-11-19(17-22)24(30)26-20-12-6-4-7-13-20/h4-17H,1-3H3,(H,26,30). The second kappa shape index (κ2) is 9.03. The highest BCUT2D eigenvalue weighted by Gasteiger charge is 2.29. The van der Waals surface area contributed by atoms with Crippen molar-refractivity contribution >= 4 is 27.3 Å². The average molecular weight is 477 g/mol. The molecule has 0 saturated heterocycles. The van der Waals surface area contributed by atoms with E-state index in [-0.39, 0.29) is 16.1 Å². The number of hydrogen-bond donors (Lipinski definition) is 1. The zero-order chi connectivity index (χ0) is 24.5. The van der Waals surface area contributed by atoms with E-state index in [0.717, 1.165) is 4.31 Å². The quantitative estimate of drug-likeness (QED) is 0.461. The Morgan fingerprint density at radius 1 is 0.912 bits per heavy atom. The number of carbonyl (C=O) groups excluding carboxylic acids is 1. The van der Waals surface area contributed by atoms with Gasteiger partial charge in [0.1, 0.15) is 5.69 Å². The fraction of sp³-hybridized carbons (Fsp3) is 0.120. The topological polar surface area (TPSA) is 93.4 Å². The molecule has 4 rings (SSSR count). The molecule has 1 N–H and O–H groups in total. The summed E-state index contributed by atoms with van der Waals surface area (Å²) in [7, 11) is -1.09. The van der Waals surface area contributed by atoms with Crippen LogP contribution in [0.3, 0.4) is 0 Å². The van der Waals surface area contributed by atoms with Crippen LogP contribution in [-0.4, -0.2) is 30.7 Å². The summed E-state index contributed by atoms with van der Waals surface area (Å²) in [6, 6.07) is 23.6. The second-order valence-corrected chi connectivity index (χ2v) is 9.70. The molecular formula is C25H24N4O4S. The maximum absolute atomic E-state index is 13.5. The van der Waals surface area contributed by atoms with Crippen molar-refractivity contribution in [3.05, 3.63) is 107 Å². The summed E-state index contributed by atoms with van der Waals surface area (Å²) in [4.78, 5) is 25.9. The summed E-state index contributed by atoms with van der Waals surface area (Å²) in [5.41, 5.74) is 1.46. The smallest absolute Gasteiger partial charge is 0.296 e. The van der Waals surface area contributed by atoms with E-state index < -0.39 is 21.5 Å². The lowest BCUT2D eigenvalue weighted by Crippen LogP contribution is -2.32. The number of sulfonamides is 1. The van der Waals surface area contributed by atoms with Crippen LogP contribution in [0, 0.1) is 6.92 Å². The summed E-state index contributed by atoms with van der Waals surface area (Å²) < 4.78 is 30.9. The highest BCUT2D eigenvalue weighted by Crippen LogP contribution is 2.24. The normalized spacial score (nSPS) is 11.3. The maximum Gasteiger partial charge on any atom is 0.296 e. The molecule has 0 saturated carbocycles. The van der Waals surface area contributed by atoms with Crippen LogP contribution in [0.2, 0.25) is 0 Å². The van der Waals surface area contributed by atoms with Gasteiger partial charge in [-0.1, -0.05) is 42.5 Å². The van der Waals surface area contributed by atoms with Gasteiger partial charge in [0.15, 0.2) is 0 Å². The first-order chi connectivity index (χ1) is 16.2. The Hall–Kier alpha value is -4.11. The molecular weight excluding hydrogens is 452 g/mol. The van der Waals surface area contributed by atoms with E-state index in [1.165, 1.54) is 36.0 Å². The van der Waals surface area contributed by atoms with Crippen LogP contribution >= 0.6 is 0 Å². The average Bonchev–Trinajstić information content (AvgIpc) is 3.07. The molecule has 0 fully saturated rings. The molecule has 8 nitrogen and oxygen atoms in total. The van der Waals surface area contributed by atoms with Crippen LogP contribution in [0.15, 0.2) is 94.6 Å². The summed E-state index contributed by atoms with van der Waals surface area (Å²) >= 11 is 0. The van der Waals surface area contributed by atoms with Gasteiger partial charge in [0.05, 0.1) is 16.3 Å². The number of nitrogens with one attached hydrogen (secondary N) is 1. The molecule has 4 aromatic rings. The summed E-state index contributed by atoms with van der Waals surface area (Å²) in [5.74, 6) is -0.437. The van der Waals surface area contributed by atoms with Gasteiger partial charge in [0.2, 0.25) is 0 Å². The third-order valence-corrected chi connectivity index (χ3v) is 7.38. The van der Waals surface area contributed by atoms with Gasteiger partial charge in [0.25, 0.3) is 21.5 Å². The van der Waals surface area contributed by atoms with Crippen molar-refractivity contribution in [3.8, 4) is 5.69 Å². The van der Waals surface area contributed by atoms with Gasteiger partial charge in [-0.15, -0.1) is 0 Å². The third kappa shape index (κ3) is 4.13. The van der Waals surface area contributed by atoms with E-state index >= 15 is 0 Å². The van der Waals surface area contributed by atoms with E-state index in [4.69, 9.17) is 0 Å². The zero-order valence-electron chi connectivity index (χ0n) is 19.0. The molecule has 34 heavy (non-hydrogen) atoms. The van der Waals surface area contributed by atoms with Gasteiger partial charge in [-0.05, 0) is 49.4 Å². The van der Waals surface area contributed by atoms with Crippen molar-refractivity contribution in [1.82, 2.24) is 9.36 Å². The minimum Gasteiger partial charge on any atom is -0.322 e. The van der Waals surface area contributed by atoms with Crippen LogP contribution in [-0.2, 0) is 17.1 Å². The Labute approximate surface area is 197 Å². The molecule has 9 heteroatoms. The Kier molecular flexibility index (Phi) is 6.12. The first-order valence-electron chi connectivity index (χ1n) is 10.5. The van der Waals surface area contributed by atoms with E-state index in [2.05, 4.69) is 5.32 Å². The molecule has 3 aromatic carbocycles. The molecule has 174 valence electrons. The monoisotopic (exact) mass is 476 g/mol. The minimum absolute atomic E-state index is 0.0329. The SMILES string of the molecule is Cc1c(N(C)S(=O)(=O)c2cccc(C(=O)Nc3ccccc3)c2)c(=O)n(-c2ccccc2)n1C. The molecule has 0 aliphatic heterocycles. The van der Waals surface area contributed by atoms with E-state index in [1.807, 2.05) is 12.1 Å². The van der Waals surface area contributed by atoms with Crippen molar-refractivity contribution in [2.24, 2.45) is 7.05 Å². The molecule has 0 aliphatic rings. The molecule has 0 spiro atoms. The fourth-order valence-electron chi connectivity index (χ4n) is 3.72. The van der Waals surface area contributed by atoms with Gasteiger partial charge in [-0.3, -0.25) is 18.6 Å². The van der Waals surface area contributed by atoms with Crippen molar-refractivity contribution < 1.29 is 13.2 Å². The predicted octanol–water partition coefficient (Wildman–Crippen LogP) is 3.56. The molecule has 0 aliphatic carbocycles. The lowest BCUT2D eigenvalue weighted by atomic mass is 10.2. The molecule has 0 bridgehead atoms. The highest BCUT2D eigenvalue weighted by molar-refractivity contribution is 7.92. The first-order valence-corrected chi connectivity index (χ1v) is 11.9. The van der Waals surface area contributed by atoms with Crippen LogP contribution < -0.4 is 15.2 Å². The molecule has 0 atom stereocenters. The Bertz CT molecular complexity index is 1510. The van der Waals surface area contributed by atoms with Crippen molar-refractivity contribution in [1.29, 1.82) is 0 Å². The number of benzene rings is 3. The van der Waals surface area contributed by atoms with Crippen molar-refractivity contribution in [2.45, 2.75) is 11.8 Å². The Balaban J connectivity index is 1.70. The second-order valence-electron chi connectivity index (χ2n) is 7.73. The number of anilines is 2. The van der Waals surface area contributed by atoms with Crippen LogP contribution in [0.1, 0.15) is 16.1 Å². The van der Waals surface area contributed by atoms with E-state index in [0.29, 0.717) is 17.1 Å². The van der Waals surface area contributed by atoms with Crippen molar-refractivity contribution in [2.75, 3.05) is 16.7 Å². The first kappa shape index (κ1) is 23.1. The summed E-state index contributed by atoms with van der Waals surface area (Å²) in [6.07, 6.45) is 0. The Morgan fingerprint density at radius 3 is 2.18 bits per heavy atom. The minimum atomic E-state index is -4.12. The predicted molar refractivity (Wildman–Crippen MR) is 132 cm³/mol. The zero-order valence-corrected chi connectivity index (χ0v) is 19.8. The maximum atomic E-state index is 13.5. The number of rotatable bonds is 6. The van der Waals surface area contributed by atoms with Gasteiger partial charge in [0, 0.05) is 25.3 Å². The van der Waals surface area contributed by atoms with Gasteiger partial charge < -0.3 is 5.32 Å². The summed E-state index contributed by atoms with van der Waals surface area (Å²) in [6.45, 7) is 1.69. The molecule has 1 aromatic heterocycles. The van der Waals surface area contributed by atoms with Crippen LogP contribution in [0.25, 0.3) is 5.69 Å². The molecule has 0 radical (unpaired) electrons. The molecule has 0 unspecified atom stereocenters. The third-order valence-electron chi connectivity index (χ3n) is 5.62. The van der Waals surface area contributed by atoms with Gasteiger partial charge in [-0.25, -0.2) is 13.1 Å². The number of para-hydroxylation sites is 2. The van der Waals surface area contributed by atoms with E-state index in [9.17, 15) is 18.0 Å². The van der Waals surface area contributed by atoms with Gasteiger partial charge in [-0.2, -0.15) is 0 Å². The number of nitrogens with zero attached hydrogens (tertiary/aromatic N) is 3. The Morgan fingerprint density at radius 2 is 1.53 bits per heavy atom. The molecule has 1 amide bonds. The van der Waals surface area contributed by atoms with Crippen molar-refractivity contribution in [3.63, 3.8) is 0 Å². The van der Waals surface area contributed by atoms with E-state index in [1.54, 1.807) is 67.2 Å². The summed E-state index contributed by atoms with van der Waals surface area (Å²) in [5, 5.41) is 2.74. The largest absolute Gasteiger partial charge is 0.322 e. The highest BCUT2D eigenvalue weighted by atomic mass is 32.2. The number of carbonyl (C=O) groups is 1.